The zero-order valence-electron chi connectivity index (χ0n) is 13.0. The second-order valence-electron chi connectivity index (χ2n) is 5.89. The Labute approximate surface area is 133 Å². The maximum Gasteiger partial charge on any atom is 0.268 e. The third-order valence-electron chi connectivity index (χ3n) is 4.10. The van der Waals surface area contributed by atoms with Crippen LogP contribution in [0.25, 0.3) is 10.9 Å². The number of aliphatic hydroxyl groups excluding tert-OH is 1. The molecule has 23 heavy (non-hydrogen) atoms. The van der Waals surface area contributed by atoms with Gasteiger partial charge in [-0.25, -0.2) is 0 Å². The monoisotopic (exact) mass is 316 g/mol. The average molecular weight is 316 g/mol. The Morgan fingerprint density at radius 3 is 2.87 bits per heavy atom. The first kappa shape index (κ1) is 15.5. The number of aryl methyl sites for hydroxylation is 1. The predicted octanol–water partition coefficient (Wildman–Crippen LogP) is 0.584. The number of rotatable bonds is 3. The molecule has 7 nitrogen and oxygen atoms in total. The smallest absolute Gasteiger partial charge is 0.268 e. The van der Waals surface area contributed by atoms with Crippen LogP contribution in [0.4, 0.5) is 0 Å². The molecule has 1 fully saturated rings. The van der Waals surface area contributed by atoms with Crippen molar-refractivity contribution in [2.45, 2.75) is 25.9 Å². The standard InChI is InChI=1S/C16H20N4O3/c1-10-6-11-7-13(19-14(11)8-17-10)16(23)18-9-15(22)20-4-2-12(21)3-5-20/h6-8,12,19,21H,2-5,9H2,1H3,(H,18,23). The second-order valence-corrected chi connectivity index (χ2v) is 5.89. The van der Waals surface area contributed by atoms with Gasteiger partial charge >= 0.3 is 0 Å². The van der Waals surface area contributed by atoms with Gasteiger partial charge in [-0.15, -0.1) is 0 Å². The molecule has 0 saturated carbocycles. The van der Waals surface area contributed by atoms with Crippen molar-refractivity contribution in [2.24, 2.45) is 0 Å². The van der Waals surface area contributed by atoms with Crippen LogP contribution >= 0.6 is 0 Å². The summed E-state index contributed by atoms with van der Waals surface area (Å²) in [6.07, 6.45) is 2.55. The van der Waals surface area contributed by atoms with E-state index in [0.717, 1.165) is 16.6 Å². The number of H-pyrrole nitrogens is 1. The van der Waals surface area contributed by atoms with Crippen molar-refractivity contribution in [3.05, 3.63) is 29.7 Å². The van der Waals surface area contributed by atoms with Crippen LogP contribution in [0.15, 0.2) is 18.3 Å². The van der Waals surface area contributed by atoms with Crippen molar-refractivity contribution >= 4 is 22.7 Å². The number of nitrogens with one attached hydrogen (secondary N) is 2. The van der Waals surface area contributed by atoms with E-state index in [1.165, 1.54) is 0 Å². The van der Waals surface area contributed by atoms with Gasteiger partial charge in [0, 0.05) is 24.2 Å². The molecule has 1 aliphatic heterocycles. The van der Waals surface area contributed by atoms with Crippen molar-refractivity contribution in [3.8, 4) is 0 Å². The number of carbonyl (C=O) groups is 2. The van der Waals surface area contributed by atoms with E-state index in [1.54, 1.807) is 17.2 Å². The number of aromatic amines is 1. The molecule has 0 radical (unpaired) electrons. The summed E-state index contributed by atoms with van der Waals surface area (Å²) in [7, 11) is 0. The highest BCUT2D eigenvalue weighted by atomic mass is 16.3. The number of carbonyl (C=O) groups excluding carboxylic acids is 2. The van der Waals surface area contributed by atoms with Crippen molar-refractivity contribution in [1.29, 1.82) is 0 Å². The van der Waals surface area contributed by atoms with Gasteiger partial charge in [0.1, 0.15) is 5.69 Å². The molecule has 3 heterocycles. The number of piperidine rings is 1. The molecule has 0 bridgehead atoms. The molecule has 0 spiro atoms. The lowest BCUT2D eigenvalue weighted by Crippen LogP contribution is -2.45. The molecule has 0 aliphatic carbocycles. The highest BCUT2D eigenvalue weighted by molar-refractivity contribution is 5.99. The predicted molar refractivity (Wildman–Crippen MR) is 85.0 cm³/mol. The lowest BCUT2D eigenvalue weighted by atomic mass is 10.1. The summed E-state index contributed by atoms with van der Waals surface area (Å²) in [4.78, 5) is 33.1. The minimum atomic E-state index is -0.322. The van der Waals surface area contributed by atoms with Gasteiger partial charge in [-0.3, -0.25) is 14.6 Å². The van der Waals surface area contributed by atoms with Crippen LogP contribution in [0.1, 0.15) is 29.0 Å². The number of aliphatic hydroxyl groups is 1. The molecule has 122 valence electrons. The first-order valence-corrected chi connectivity index (χ1v) is 7.72. The van der Waals surface area contributed by atoms with Crippen LogP contribution in [0, 0.1) is 6.92 Å². The minimum Gasteiger partial charge on any atom is -0.393 e. The molecule has 1 aliphatic rings. The van der Waals surface area contributed by atoms with Crippen LogP contribution in [-0.2, 0) is 4.79 Å². The lowest BCUT2D eigenvalue weighted by molar-refractivity contribution is -0.132. The molecule has 3 rings (SSSR count). The molecule has 2 aromatic heterocycles. The molecule has 0 unspecified atom stereocenters. The van der Waals surface area contributed by atoms with E-state index in [2.05, 4.69) is 15.3 Å². The molecule has 7 heteroatoms. The summed E-state index contributed by atoms with van der Waals surface area (Å²) in [5.74, 6) is -0.442. The molecular formula is C16H20N4O3. The number of fused-ring (bicyclic) bond motifs is 1. The SMILES string of the molecule is Cc1cc2cc(C(=O)NCC(=O)N3CCC(O)CC3)[nH]c2cn1. The zero-order valence-corrected chi connectivity index (χ0v) is 13.0. The number of likely N-dealkylation sites (tertiary alicyclic amines) is 1. The fraction of sp³-hybridized carbons (Fsp3) is 0.438. The van der Waals surface area contributed by atoms with Crippen LogP contribution in [0.5, 0.6) is 0 Å². The Morgan fingerprint density at radius 2 is 2.13 bits per heavy atom. The molecule has 3 N–H and O–H groups in total. The largest absolute Gasteiger partial charge is 0.393 e. The highest BCUT2D eigenvalue weighted by Crippen LogP contribution is 2.15. The summed E-state index contributed by atoms with van der Waals surface area (Å²) < 4.78 is 0. The van der Waals surface area contributed by atoms with Gasteiger partial charge in [0.2, 0.25) is 5.91 Å². The van der Waals surface area contributed by atoms with Gasteiger partial charge in [0.05, 0.1) is 24.4 Å². The number of nitrogens with zero attached hydrogens (tertiary/aromatic N) is 2. The molecule has 0 atom stereocenters. The Kier molecular flexibility index (Phi) is 4.29. The van der Waals surface area contributed by atoms with Gasteiger partial charge in [0.25, 0.3) is 5.91 Å². The lowest BCUT2D eigenvalue weighted by Gasteiger charge is -2.29. The maximum atomic E-state index is 12.2. The normalized spacial score (nSPS) is 15.8. The minimum absolute atomic E-state index is 0.0401. The van der Waals surface area contributed by atoms with Gasteiger partial charge in [-0.05, 0) is 31.9 Å². The van der Waals surface area contributed by atoms with Crippen LogP contribution in [0.3, 0.4) is 0 Å². The van der Waals surface area contributed by atoms with E-state index in [1.807, 2.05) is 13.0 Å². The molecule has 1 saturated heterocycles. The molecule has 0 aromatic carbocycles. The van der Waals surface area contributed by atoms with Crippen LogP contribution < -0.4 is 5.32 Å². The maximum absolute atomic E-state index is 12.2. The summed E-state index contributed by atoms with van der Waals surface area (Å²) in [5, 5.41) is 13.0. The Hall–Kier alpha value is -2.41. The quantitative estimate of drug-likeness (QED) is 0.771. The van der Waals surface area contributed by atoms with Crippen LogP contribution in [0.2, 0.25) is 0 Å². The van der Waals surface area contributed by atoms with Crippen LogP contribution in [-0.4, -0.2) is 57.5 Å². The Morgan fingerprint density at radius 1 is 1.39 bits per heavy atom. The first-order valence-electron chi connectivity index (χ1n) is 7.72. The van der Waals surface area contributed by atoms with Crippen molar-refractivity contribution in [1.82, 2.24) is 20.2 Å². The number of aromatic nitrogens is 2. The van der Waals surface area contributed by atoms with Gasteiger partial charge in [-0.2, -0.15) is 0 Å². The fourth-order valence-electron chi connectivity index (χ4n) is 2.74. The third-order valence-corrected chi connectivity index (χ3v) is 4.10. The molecular weight excluding hydrogens is 296 g/mol. The summed E-state index contributed by atoms with van der Waals surface area (Å²) in [6, 6.07) is 3.65. The van der Waals surface area contributed by atoms with E-state index in [4.69, 9.17) is 0 Å². The topological polar surface area (TPSA) is 98.3 Å². The Bertz CT molecular complexity index is 732. The van der Waals surface area contributed by atoms with Gasteiger partial charge in [-0.1, -0.05) is 0 Å². The second kappa shape index (κ2) is 6.37. The van der Waals surface area contributed by atoms with Gasteiger partial charge in [0.15, 0.2) is 0 Å². The number of amides is 2. The number of hydrogen-bond acceptors (Lipinski definition) is 4. The summed E-state index contributed by atoms with van der Waals surface area (Å²) >= 11 is 0. The van der Waals surface area contributed by atoms with E-state index in [-0.39, 0.29) is 24.5 Å². The molecule has 2 aromatic rings. The highest BCUT2D eigenvalue weighted by Gasteiger charge is 2.21. The summed E-state index contributed by atoms with van der Waals surface area (Å²) in [6.45, 7) is 2.92. The van der Waals surface area contributed by atoms with Crippen molar-refractivity contribution in [2.75, 3.05) is 19.6 Å². The Balaban J connectivity index is 1.58. The van der Waals surface area contributed by atoms with Gasteiger partial charge < -0.3 is 20.3 Å². The van der Waals surface area contributed by atoms with E-state index < -0.39 is 0 Å². The zero-order chi connectivity index (χ0) is 16.4. The van der Waals surface area contributed by atoms with E-state index in [9.17, 15) is 14.7 Å². The fourth-order valence-corrected chi connectivity index (χ4v) is 2.74. The summed E-state index contributed by atoms with van der Waals surface area (Å²) in [5.41, 5.74) is 2.08. The van der Waals surface area contributed by atoms with Crippen molar-refractivity contribution in [3.63, 3.8) is 0 Å². The first-order chi connectivity index (χ1) is 11.0. The number of pyridine rings is 1. The van der Waals surface area contributed by atoms with E-state index >= 15 is 0 Å². The van der Waals surface area contributed by atoms with E-state index in [0.29, 0.717) is 31.6 Å². The molecule has 2 amide bonds. The van der Waals surface area contributed by atoms with Crippen molar-refractivity contribution < 1.29 is 14.7 Å². The average Bonchev–Trinajstić information content (AvgIpc) is 2.96. The third kappa shape index (κ3) is 3.50. The number of hydrogen-bond donors (Lipinski definition) is 3.